The summed E-state index contributed by atoms with van der Waals surface area (Å²) in [6.45, 7) is 4.64. The highest BCUT2D eigenvalue weighted by Crippen LogP contribution is 2.39. The lowest BCUT2D eigenvalue weighted by molar-refractivity contribution is -0.127. The van der Waals surface area contributed by atoms with Crippen LogP contribution in [0.4, 0.5) is 24.7 Å². The Labute approximate surface area is 234 Å². The van der Waals surface area contributed by atoms with Gasteiger partial charge in [-0.25, -0.2) is 23.1 Å². The predicted molar refractivity (Wildman–Crippen MR) is 148 cm³/mol. The highest BCUT2D eigenvalue weighted by molar-refractivity contribution is 5.94. The smallest absolute Gasteiger partial charge is 0.245 e. The van der Waals surface area contributed by atoms with E-state index in [1.807, 2.05) is 0 Å². The van der Waals surface area contributed by atoms with E-state index in [-0.39, 0.29) is 23.1 Å². The number of nitrogens with one attached hydrogen (secondary N) is 1. The third-order valence-corrected chi connectivity index (χ3v) is 6.89. The Morgan fingerprint density at radius 2 is 1.68 bits per heavy atom. The molecule has 1 amide bonds. The Hall–Kier alpha value is -4.80. The summed E-state index contributed by atoms with van der Waals surface area (Å²) in [5, 5.41) is 3.77. The number of carbonyl (C=O) groups excluding carboxylic acids is 1. The van der Waals surface area contributed by atoms with Crippen LogP contribution in [0.5, 0.6) is 17.2 Å². The molecule has 0 atom stereocenters. The van der Waals surface area contributed by atoms with Crippen molar-refractivity contribution >= 4 is 28.3 Å². The molecule has 212 valence electrons. The molecule has 8 nitrogen and oxygen atoms in total. The summed E-state index contributed by atoms with van der Waals surface area (Å²) in [5.41, 5.74) is 0.731. The number of rotatable bonds is 8. The molecule has 0 unspecified atom stereocenters. The van der Waals surface area contributed by atoms with Crippen molar-refractivity contribution in [2.24, 2.45) is 0 Å². The van der Waals surface area contributed by atoms with Gasteiger partial charge in [0.15, 0.2) is 11.5 Å². The van der Waals surface area contributed by atoms with Crippen molar-refractivity contribution in [1.82, 2.24) is 14.9 Å². The minimum Gasteiger partial charge on any atom is -0.495 e. The molecule has 11 heteroatoms. The molecule has 5 rings (SSSR count). The van der Waals surface area contributed by atoms with Crippen molar-refractivity contribution in [2.45, 2.75) is 18.9 Å². The SMILES string of the molecule is C=CC(=O)N1CCC(Oc2cc3c(Nc4cc(-c5c(F)cc(F)cc5F)ccc4OC)ncnc3cc2OC)CC1. The van der Waals surface area contributed by atoms with Crippen LogP contribution in [0.3, 0.4) is 0 Å². The van der Waals surface area contributed by atoms with E-state index in [2.05, 4.69) is 21.9 Å². The van der Waals surface area contributed by atoms with Crippen LogP contribution in [0.1, 0.15) is 12.8 Å². The monoisotopic (exact) mass is 564 g/mol. The maximum Gasteiger partial charge on any atom is 0.245 e. The quantitative estimate of drug-likeness (QED) is 0.262. The zero-order chi connectivity index (χ0) is 29.1. The number of hydrogen-bond acceptors (Lipinski definition) is 7. The van der Waals surface area contributed by atoms with Crippen LogP contribution in [0.15, 0.2) is 61.4 Å². The molecule has 0 saturated carbocycles. The van der Waals surface area contributed by atoms with Crippen LogP contribution in [-0.2, 0) is 4.79 Å². The van der Waals surface area contributed by atoms with E-state index in [0.717, 1.165) is 0 Å². The van der Waals surface area contributed by atoms with Gasteiger partial charge < -0.3 is 24.4 Å². The number of fused-ring (bicyclic) bond motifs is 1. The summed E-state index contributed by atoms with van der Waals surface area (Å²) in [6, 6.07) is 9.26. The number of hydrogen-bond donors (Lipinski definition) is 1. The number of amides is 1. The molecule has 1 N–H and O–H groups in total. The normalized spacial score (nSPS) is 13.6. The van der Waals surface area contributed by atoms with Gasteiger partial charge in [-0.05, 0) is 29.8 Å². The number of benzene rings is 3. The Balaban J connectivity index is 1.48. The van der Waals surface area contributed by atoms with Crippen LogP contribution in [0.2, 0.25) is 0 Å². The lowest BCUT2D eigenvalue weighted by Crippen LogP contribution is -2.41. The minimum absolute atomic E-state index is 0.107. The summed E-state index contributed by atoms with van der Waals surface area (Å²) >= 11 is 0. The van der Waals surface area contributed by atoms with Crippen LogP contribution >= 0.6 is 0 Å². The van der Waals surface area contributed by atoms with Crippen LogP contribution in [-0.4, -0.2) is 54.2 Å². The molecule has 1 saturated heterocycles. The minimum atomic E-state index is -1.03. The zero-order valence-corrected chi connectivity index (χ0v) is 22.4. The number of carbonyl (C=O) groups is 1. The number of aromatic nitrogens is 2. The fraction of sp³-hybridized carbons (Fsp3) is 0.233. The predicted octanol–water partition coefficient (Wildman–Crippen LogP) is 6.03. The van der Waals surface area contributed by atoms with Gasteiger partial charge in [0.1, 0.15) is 41.5 Å². The van der Waals surface area contributed by atoms with Gasteiger partial charge in [0.25, 0.3) is 0 Å². The topological polar surface area (TPSA) is 85.8 Å². The second kappa shape index (κ2) is 11.7. The number of piperidine rings is 1. The molecular formula is C30H27F3N4O4. The van der Waals surface area contributed by atoms with Gasteiger partial charge in [0.05, 0.1) is 31.0 Å². The van der Waals surface area contributed by atoms with E-state index in [4.69, 9.17) is 14.2 Å². The average molecular weight is 565 g/mol. The Kier molecular flexibility index (Phi) is 7.95. The number of halogens is 3. The van der Waals surface area contributed by atoms with Gasteiger partial charge in [-0.3, -0.25) is 4.79 Å². The standard InChI is InChI=1S/C30H27F3N4O4/c1-4-28(38)37-9-7-19(8-10-37)41-27-14-20-23(15-26(27)40-3)34-16-35-30(20)36-24-11-17(5-6-25(24)39-2)29-21(32)12-18(31)13-22(29)33/h4-6,11-16,19H,1,7-10H2,2-3H3,(H,34,35,36). The van der Waals surface area contributed by atoms with Crippen molar-refractivity contribution < 1.29 is 32.2 Å². The third-order valence-electron chi connectivity index (χ3n) is 6.89. The molecule has 3 aromatic carbocycles. The Bertz CT molecular complexity index is 1600. The molecular weight excluding hydrogens is 537 g/mol. The fourth-order valence-electron chi connectivity index (χ4n) is 4.82. The molecule has 1 aliphatic rings. The second-order valence-electron chi connectivity index (χ2n) is 9.37. The largest absolute Gasteiger partial charge is 0.495 e. The van der Waals surface area contributed by atoms with Gasteiger partial charge in [-0.15, -0.1) is 0 Å². The number of likely N-dealkylation sites (tertiary alicyclic amines) is 1. The molecule has 0 radical (unpaired) electrons. The first-order valence-electron chi connectivity index (χ1n) is 12.8. The van der Waals surface area contributed by atoms with Gasteiger partial charge in [-0.2, -0.15) is 0 Å². The number of methoxy groups -OCH3 is 2. The third kappa shape index (κ3) is 5.74. The maximum absolute atomic E-state index is 14.5. The van der Waals surface area contributed by atoms with E-state index < -0.39 is 17.5 Å². The summed E-state index contributed by atoms with van der Waals surface area (Å²) in [4.78, 5) is 22.4. The van der Waals surface area contributed by atoms with Gasteiger partial charge in [-0.1, -0.05) is 12.6 Å². The highest BCUT2D eigenvalue weighted by Gasteiger charge is 2.24. The van der Waals surface area contributed by atoms with Crippen molar-refractivity contribution in [3.8, 4) is 28.4 Å². The van der Waals surface area contributed by atoms with E-state index >= 15 is 0 Å². The molecule has 0 bridgehead atoms. The first-order chi connectivity index (χ1) is 19.8. The lowest BCUT2D eigenvalue weighted by Gasteiger charge is -2.31. The number of anilines is 2. The summed E-state index contributed by atoms with van der Waals surface area (Å²) in [5.74, 6) is -1.45. The number of ether oxygens (including phenoxy) is 3. The van der Waals surface area contributed by atoms with E-state index in [1.54, 1.807) is 23.1 Å². The molecule has 0 aliphatic carbocycles. The van der Waals surface area contributed by atoms with E-state index in [0.29, 0.717) is 77.7 Å². The first-order valence-corrected chi connectivity index (χ1v) is 12.8. The summed E-state index contributed by atoms with van der Waals surface area (Å²) < 4.78 is 59.9. The summed E-state index contributed by atoms with van der Waals surface area (Å²) in [6.07, 6.45) is 3.80. The Morgan fingerprint density at radius 3 is 2.34 bits per heavy atom. The second-order valence-corrected chi connectivity index (χ2v) is 9.37. The zero-order valence-electron chi connectivity index (χ0n) is 22.4. The molecule has 1 aromatic heterocycles. The Morgan fingerprint density at radius 1 is 0.976 bits per heavy atom. The van der Waals surface area contributed by atoms with E-state index in [9.17, 15) is 18.0 Å². The van der Waals surface area contributed by atoms with Crippen molar-refractivity contribution in [2.75, 3.05) is 32.6 Å². The van der Waals surface area contributed by atoms with Crippen LogP contribution in [0, 0.1) is 17.5 Å². The summed E-state index contributed by atoms with van der Waals surface area (Å²) in [7, 11) is 2.99. The molecule has 4 aromatic rings. The van der Waals surface area contributed by atoms with Crippen LogP contribution in [0.25, 0.3) is 22.0 Å². The van der Waals surface area contributed by atoms with Gasteiger partial charge in [0, 0.05) is 49.5 Å². The molecule has 0 spiro atoms. The molecule has 1 aliphatic heterocycles. The maximum atomic E-state index is 14.5. The lowest BCUT2D eigenvalue weighted by atomic mass is 10.0. The molecule has 41 heavy (non-hydrogen) atoms. The van der Waals surface area contributed by atoms with Gasteiger partial charge >= 0.3 is 0 Å². The highest BCUT2D eigenvalue weighted by atomic mass is 19.1. The molecule has 1 fully saturated rings. The average Bonchev–Trinajstić information content (AvgIpc) is 2.96. The van der Waals surface area contributed by atoms with E-state index in [1.165, 1.54) is 38.8 Å². The van der Waals surface area contributed by atoms with Crippen molar-refractivity contribution in [3.63, 3.8) is 0 Å². The fourth-order valence-corrected chi connectivity index (χ4v) is 4.82. The first kappa shape index (κ1) is 27.8. The van der Waals surface area contributed by atoms with Crippen molar-refractivity contribution in [3.05, 3.63) is 78.9 Å². The van der Waals surface area contributed by atoms with Crippen LogP contribution < -0.4 is 19.5 Å². The van der Waals surface area contributed by atoms with Crippen molar-refractivity contribution in [1.29, 1.82) is 0 Å². The molecule has 2 heterocycles. The van der Waals surface area contributed by atoms with Gasteiger partial charge in [0.2, 0.25) is 5.91 Å². The number of nitrogens with zero attached hydrogens (tertiary/aromatic N) is 3.